The molecule has 0 bridgehead atoms. The van der Waals surface area contributed by atoms with E-state index in [1.165, 1.54) is 7.11 Å². The third-order valence-electron chi connectivity index (χ3n) is 2.22. The van der Waals surface area contributed by atoms with Gasteiger partial charge in [0.25, 0.3) is 0 Å². The molecule has 3 N–H and O–H groups in total. The van der Waals surface area contributed by atoms with Crippen molar-refractivity contribution in [3.63, 3.8) is 0 Å². The van der Waals surface area contributed by atoms with E-state index < -0.39 is 18.0 Å². The molecule has 0 saturated carbocycles. The van der Waals surface area contributed by atoms with Gasteiger partial charge in [-0.05, 0) is 0 Å². The molecule has 0 saturated heterocycles. The lowest BCUT2D eigenvalue weighted by molar-refractivity contribution is -0.140. The quantitative estimate of drug-likeness (QED) is 0.570. The van der Waals surface area contributed by atoms with Gasteiger partial charge in [-0.25, -0.2) is 14.6 Å². The smallest absolute Gasteiger partial charge is 0.328 e. The van der Waals surface area contributed by atoms with Gasteiger partial charge in [-0.3, -0.25) is 4.68 Å². The van der Waals surface area contributed by atoms with Crippen LogP contribution in [0.15, 0.2) is 6.33 Å². The average Bonchev–Trinajstić information content (AvgIpc) is 2.74. The minimum atomic E-state index is -1.15. The van der Waals surface area contributed by atoms with Gasteiger partial charge in [0.15, 0.2) is 11.9 Å². The van der Waals surface area contributed by atoms with Crippen molar-refractivity contribution in [3.05, 3.63) is 12.2 Å². The molecule has 19 heavy (non-hydrogen) atoms. The zero-order chi connectivity index (χ0) is 14.3. The van der Waals surface area contributed by atoms with Crippen molar-refractivity contribution in [1.29, 1.82) is 0 Å². The molecule has 1 rings (SSSR count). The predicted octanol–water partition coefficient (Wildman–Crippen LogP) is -1.24. The van der Waals surface area contributed by atoms with Crippen LogP contribution in [0.3, 0.4) is 0 Å². The maximum absolute atomic E-state index is 11.4. The van der Waals surface area contributed by atoms with Crippen molar-refractivity contribution in [3.8, 4) is 0 Å². The van der Waals surface area contributed by atoms with Crippen LogP contribution in [-0.4, -0.2) is 58.2 Å². The molecule has 2 amide bonds. The number of hydrogen-bond acceptors (Lipinski definition) is 5. The lowest BCUT2D eigenvalue weighted by Crippen LogP contribution is -2.48. The first kappa shape index (κ1) is 14.9. The Morgan fingerprint density at radius 2 is 2.32 bits per heavy atom. The summed E-state index contributed by atoms with van der Waals surface area (Å²) in [5.41, 5.74) is 0. The van der Waals surface area contributed by atoms with E-state index in [-0.39, 0.29) is 6.61 Å². The fourth-order valence-electron chi connectivity index (χ4n) is 1.34. The molecule has 0 aromatic carbocycles. The molecule has 1 heterocycles. The van der Waals surface area contributed by atoms with Gasteiger partial charge in [0, 0.05) is 27.1 Å². The number of nitrogens with one attached hydrogen (secondary N) is 2. The van der Waals surface area contributed by atoms with Crippen molar-refractivity contribution in [2.75, 3.05) is 20.3 Å². The number of nitrogens with zero attached hydrogens (tertiary/aromatic N) is 3. The van der Waals surface area contributed by atoms with Crippen LogP contribution in [-0.2, 0) is 23.0 Å². The van der Waals surface area contributed by atoms with Crippen LogP contribution in [0, 0.1) is 0 Å². The Hall–Kier alpha value is -2.16. The van der Waals surface area contributed by atoms with E-state index in [1.807, 2.05) is 0 Å². The molecular weight excluding hydrogens is 254 g/mol. The number of aryl methyl sites for hydroxylation is 1. The van der Waals surface area contributed by atoms with Gasteiger partial charge in [0.2, 0.25) is 0 Å². The second-order valence-corrected chi connectivity index (χ2v) is 3.83. The summed E-state index contributed by atoms with van der Waals surface area (Å²) in [6.45, 7) is 0.222. The van der Waals surface area contributed by atoms with Gasteiger partial charge in [0.1, 0.15) is 6.33 Å². The van der Waals surface area contributed by atoms with Gasteiger partial charge in [0.05, 0.1) is 6.61 Å². The number of methoxy groups -OCH3 is 1. The summed E-state index contributed by atoms with van der Waals surface area (Å²) in [5, 5.41) is 17.7. The average molecular weight is 271 g/mol. The highest BCUT2D eigenvalue weighted by Crippen LogP contribution is 1.89. The highest BCUT2D eigenvalue weighted by Gasteiger charge is 2.19. The Kier molecular flexibility index (Phi) is 5.73. The lowest BCUT2D eigenvalue weighted by Gasteiger charge is -2.13. The Morgan fingerprint density at radius 1 is 1.58 bits per heavy atom. The maximum atomic E-state index is 11.4. The molecule has 0 aliphatic carbocycles. The first-order valence-corrected chi connectivity index (χ1v) is 5.63. The number of carboxylic acids is 1. The number of aromatic nitrogens is 3. The summed E-state index contributed by atoms with van der Waals surface area (Å²) in [5.74, 6) is -0.544. The largest absolute Gasteiger partial charge is 0.480 e. The van der Waals surface area contributed by atoms with Crippen molar-refractivity contribution in [1.82, 2.24) is 25.4 Å². The van der Waals surface area contributed by atoms with Crippen LogP contribution in [0.2, 0.25) is 0 Å². The first-order chi connectivity index (χ1) is 9.02. The summed E-state index contributed by atoms with van der Waals surface area (Å²) in [6.07, 6.45) is 2.03. The summed E-state index contributed by atoms with van der Waals surface area (Å²) in [6, 6.07) is -1.64. The SMILES string of the molecule is COCC(NC(=O)NCCc1ncn(C)n1)C(=O)O. The third-order valence-corrected chi connectivity index (χ3v) is 2.22. The molecular formula is C10H17N5O4. The Balaban J connectivity index is 2.28. The summed E-state index contributed by atoms with van der Waals surface area (Å²) < 4.78 is 6.26. The molecule has 1 atom stereocenters. The van der Waals surface area contributed by atoms with E-state index in [4.69, 9.17) is 9.84 Å². The van der Waals surface area contributed by atoms with E-state index in [2.05, 4.69) is 20.7 Å². The minimum Gasteiger partial charge on any atom is -0.480 e. The molecule has 0 aliphatic rings. The van der Waals surface area contributed by atoms with Crippen LogP contribution < -0.4 is 10.6 Å². The number of hydrogen-bond donors (Lipinski definition) is 3. The number of aliphatic carboxylic acids is 1. The number of rotatable bonds is 7. The minimum absolute atomic E-state index is 0.0927. The highest BCUT2D eigenvalue weighted by atomic mass is 16.5. The third kappa shape index (κ3) is 5.34. The van der Waals surface area contributed by atoms with E-state index in [0.29, 0.717) is 18.8 Å². The molecule has 0 fully saturated rings. The van der Waals surface area contributed by atoms with E-state index in [9.17, 15) is 9.59 Å². The zero-order valence-electron chi connectivity index (χ0n) is 10.8. The van der Waals surface area contributed by atoms with Gasteiger partial charge in [-0.2, -0.15) is 5.10 Å². The number of carboxylic acid groups (broad SMARTS) is 1. The number of carbonyl (C=O) groups excluding carboxylic acids is 1. The van der Waals surface area contributed by atoms with Gasteiger partial charge in [-0.15, -0.1) is 0 Å². The lowest BCUT2D eigenvalue weighted by atomic mass is 10.3. The van der Waals surface area contributed by atoms with Gasteiger partial charge < -0.3 is 20.5 Å². The molecule has 0 spiro atoms. The van der Waals surface area contributed by atoms with Crippen molar-refractivity contribution < 1.29 is 19.4 Å². The van der Waals surface area contributed by atoms with Crippen LogP contribution in [0.4, 0.5) is 4.79 Å². The Morgan fingerprint density at radius 3 is 2.84 bits per heavy atom. The Labute approximate surface area is 110 Å². The van der Waals surface area contributed by atoms with Crippen LogP contribution in [0.5, 0.6) is 0 Å². The molecule has 9 nitrogen and oxygen atoms in total. The normalized spacial score (nSPS) is 11.9. The standard InChI is InChI=1S/C10H17N5O4/c1-15-6-12-8(14-15)3-4-11-10(18)13-7(5-19-2)9(16)17/h6-7H,3-5H2,1-2H3,(H,16,17)(H2,11,13,18). The summed E-state index contributed by atoms with van der Waals surface area (Å²) in [4.78, 5) is 26.2. The molecule has 1 aromatic rings. The second kappa shape index (κ2) is 7.31. The van der Waals surface area contributed by atoms with E-state index in [0.717, 1.165) is 0 Å². The van der Waals surface area contributed by atoms with Crippen LogP contribution >= 0.6 is 0 Å². The number of ether oxygens (including phenoxy) is 1. The topological polar surface area (TPSA) is 118 Å². The summed E-state index contributed by atoms with van der Waals surface area (Å²) >= 11 is 0. The van der Waals surface area contributed by atoms with Crippen molar-refractivity contribution in [2.24, 2.45) is 7.05 Å². The van der Waals surface area contributed by atoms with E-state index >= 15 is 0 Å². The monoisotopic (exact) mass is 271 g/mol. The van der Waals surface area contributed by atoms with Crippen molar-refractivity contribution >= 4 is 12.0 Å². The fourth-order valence-corrected chi connectivity index (χ4v) is 1.34. The number of carbonyl (C=O) groups is 2. The van der Waals surface area contributed by atoms with Gasteiger partial charge in [-0.1, -0.05) is 0 Å². The van der Waals surface area contributed by atoms with E-state index in [1.54, 1.807) is 18.1 Å². The van der Waals surface area contributed by atoms with Gasteiger partial charge >= 0.3 is 12.0 Å². The van der Waals surface area contributed by atoms with Crippen LogP contribution in [0.1, 0.15) is 5.82 Å². The molecule has 106 valence electrons. The molecule has 0 aliphatic heterocycles. The first-order valence-electron chi connectivity index (χ1n) is 5.63. The fraction of sp³-hybridized carbons (Fsp3) is 0.600. The highest BCUT2D eigenvalue weighted by molar-refractivity contribution is 5.82. The molecule has 9 heteroatoms. The summed E-state index contributed by atoms with van der Waals surface area (Å²) in [7, 11) is 3.11. The zero-order valence-corrected chi connectivity index (χ0v) is 10.8. The number of amides is 2. The molecule has 1 aromatic heterocycles. The second-order valence-electron chi connectivity index (χ2n) is 3.83. The molecule has 0 radical (unpaired) electrons. The van der Waals surface area contributed by atoms with Crippen LogP contribution in [0.25, 0.3) is 0 Å². The molecule has 1 unspecified atom stereocenters. The number of urea groups is 1. The predicted molar refractivity (Wildman–Crippen MR) is 64.5 cm³/mol. The maximum Gasteiger partial charge on any atom is 0.328 e. The van der Waals surface area contributed by atoms with Crippen molar-refractivity contribution in [2.45, 2.75) is 12.5 Å². The Bertz CT molecular complexity index is 433.